The van der Waals surface area contributed by atoms with Crippen molar-refractivity contribution in [3.63, 3.8) is 0 Å². The highest BCUT2D eigenvalue weighted by Crippen LogP contribution is 2.33. The Balaban J connectivity index is 1.66. The standard InChI is InChI=1S/C19H15ClN2O3S2/c20-16-5-3-15(4-6-16)19(8-1-9-21-19)18(23)22-27(24,25)17-7-2-13-11-26-12-14(13)10-17/h1-10H,11-12H2,(H,22,23). The Labute approximate surface area is 166 Å². The fourth-order valence-corrected chi connectivity index (χ4v) is 5.38. The van der Waals surface area contributed by atoms with E-state index in [1.54, 1.807) is 60.3 Å². The summed E-state index contributed by atoms with van der Waals surface area (Å²) in [5.41, 5.74) is 1.23. The van der Waals surface area contributed by atoms with Crippen molar-refractivity contribution in [3.05, 3.63) is 76.3 Å². The van der Waals surface area contributed by atoms with Gasteiger partial charge in [0.25, 0.3) is 15.9 Å². The normalized spacial score (nSPS) is 20.6. The van der Waals surface area contributed by atoms with E-state index < -0.39 is 21.5 Å². The monoisotopic (exact) mass is 418 g/mol. The van der Waals surface area contributed by atoms with Crippen LogP contribution in [0.4, 0.5) is 0 Å². The maximum absolute atomic E-state index is 13.0. The van der Waals surface area contributed by atoms with Crippen molar-refractivity contribution in [3.8, 4) is 0 Å². The summed E-state index contributed by atoms with van der Waals surface area (Å²) in [6, 6.07) is 11.6. The van der Waals surface area contributed by atoms with Crippen LogP contribution in [0.3, 0.4) is 0 Å². The van der Waals surface area contributed by atoms with Crippen molar-refractivity contribution >= 4 is 45.5 Å². The lowest BCUT2D eigenvalue weighted by molar-refractivity contribution is -0.123. The van der Waals surface area contributed by atoms with Gasteiger partial charge in [0.15, 0.2) is 5.54 Å². The molecule has 8 heteroatoms. The van der Waals surface area contributed by atoms with Crippen molar-refractivity contribution in [2.75, 3.05) is 0 Å². The lowest BCUT2D eigenvalue weighted by atomic mass is 9.90. The first-order chi connectivity index (χ1) is 12.9. The first-order valence-corrected chi connectivity index (χ1v) is 11.2. The number of nitrogens with zero attached hydrogens (tertiary/aromatic N) is 1. The van der Waals surface area contributed by atoms with Crippen LogP contribution in [0.2, 0.25) is 5.02 Å². The molecular formula is C19H15ClN2O3S2. The Hall–Kier alpha value is -2.09. The second kappa shape index (κ2) is 6.82. The van der Waals surface area contributed by atoms with E-state index in [1.165, 1.54) is 12.3 Å². The number of halogens is 1. The summed E-state index contributed by atoms with van der Waals surface area (Å²) >= 11 is 7.65. The fourth-order valence-electron chi connectivity index (χ4n) is 3.10. The molecule has 2 aliphatic heterocycles. The molecule has 1 unspecified atom stereocenters. The molecular weight excluding hydrogens is 404 g/mol. The van der Waals surface area contributed by atoms with Gasteiger partial charge in [0.05, 0.1) is 4.90 Å². The summed E-state index contributed by atoms with van der Waals surface area (Å²) in [6.45, 7) is 0. The van der Waals surface area contributed by atoms with Gasteiger partial charge >= 0.3 is 0 Å². The van der Waals surface area contributed by atoms with Gasteiger partial charge in [-0.25, -0.2) is 13.1 Å². The predicted molar refractivity (Wildman–Crippen MR) is 108 cm³/mol. The molecule has 1 atom stereocenters. The predicted octanol–water partition coefficient (Wildman–Crippen LogP) is 3.43. The molecule has 27 heavy (non-hydrogen) atoms. The minimum absolute atomic E-state index is 0.0781. The summed E-state index contributed by atoms with van der Waals surface area (Å²) < 4.78 is 27.8. The Morgan fingerprint density at radius 3 is 2.56 bits per heavy atom. The molecule has 4 rings (SSSR count). The van der Waals surface area contributed by atoms with Crippen LogP contribution in [0.5, 0.6) is 0 Å². The minimum Gasteiger partial charge on any atom is -0.270 e. The molecule has 1 N–H and O–H groups in total. The Kier molecular flexibility index (Phi) is 4.61. The number of carbonyl (C=O) groups is 1. The van der Waals surface area contributed by atoms with E-state index in [4.69, 9.17) is 11.6 Å². The van der Waals surface area contributed by atoms with Gasteiger partial charge in [0.2, 0.25) is 0 Å². The second-order valence-corrected chi connectivity index (χ2v) is 9.37. The Bertz CT molecular complexity index is 1060. The number of hydrogen-bond acceptors (Lipinski definition) is 5. The molecule has 2 aromatic carbocycles. The molecule has 0 aromatic heterocycles. The quantitative estimate of drug-likeness (QED) is 0.825. The first-order valence-electron chi connectivity index (χ1n) is 8.17. The van der Waals surface area contributed by atoms with Crippen molar-refractivity contribution in [2.45, 2.75) is 21.9 Å². The second-order valence-electron chi connectivity index (χ2n) is 6.27. The van der Waals surface area contributed by atoms with E-state index in [9.17, 15) is 13.2 Å². The zero-order valence-corrected chi connectivity index (χ0v) is 16.4. The van der Waals surface area contributed by atoms with Gasteiger partial charge in [0, 0.05) is 22.7 Å². The lowest BCUT2D eigenvalue weighted by Gasteiger charge is -2.23. The van der Waals surface area contributed by atoms with Gasteiger partial charge in [-0.05, 0) is 53.1 Å². The number of rotatable bonds is 4. The van der Waals surface area contributed by atoms with E-state index in [1.807, 2.05) is 0 Å². The van der Waals surface area contributed by atoms with Crippen LogP contribution >= 0.6 is 23.4 Å². The van der Waals surface area contributed by atoms with Crippen LogP contribution in [-0.4, -0.2) is 20.5 Å². The first kappa shape index (κ1) is 18.3. The van der Waals surface area contributed by atoms with E-state index in [2.05, 4.69) is 9.71 Å². The molecule has 0 saturated carbocycles. The van der Waals surface area contributed by atoms with E-state index >= 15 is 0 Å². The smallest absolute Gasteiger partial charge is 0.270 e. The number of sulfonamides is 1. The number of benzene rings is 2. The van der Waals surface area contributed by atoms with Crippen molar-refractivity contribution in [1.82, 2.24) is 4.72 Å². The van der Waals surface area contributed by atoms with Gasteiger partial charge in [-0.2, -0.15) is 11.8 Å². The number of carbonyl (C=O) groups excluding carboxylic acids is 1. The number of allylic oxidation sites excluding steroid dienone is 1. The zero-order valence-electron chi connectivity index (χ0n) is 14.1. The Morgan fingerprint density at radius 1 is 1.11 bits per heavy atom. The fraction of sp³-hybridized carbons (Fsp3) is 0.158. The SMILES string of the molecule is O=C(NS(=O)(=O)c1ccc2c(c1)CSC2)C1(c2ccc(Cl)cc2)C=CC=N1. The molecule has 0 fully saturated rings. The number of fused-ring (bicyclic) bond motifs is 1. The van der Waals surface area contributed by atoms with E-state index in [0.717, 1.165) is 22.6 Å². The third-order valence-electron chi connectivity index (χ3n) is 4.56. The minimum atomic E-state index is -4.02. The summed E-state index contributed by atoms with van der Waals surface area (Å²) in [5, 5.41) is 0.517. The Morgan fingerprint density at radius 2 is 1.85 bits per heavy atom. The highest BCUT2D eigenvalue weighted by molar-refractivity contribution is 7.98. The van der Waals surface area contributed by atoms with Gasteiger partial charge in [-0.3, -0.25) is 9.79 Å². The lowest BCUT2D eigenvalue weighted by Crippen LogP contribution is -2.43. The highest BCUT2D eigenvalue weighted by Gasteiger charge is 2.41. The summed E-state index contributed by atoms with van der Waals surface area (Å²) in [4.78, 5) is 17.3. The van der Waals surface area contributed by atoms with Crippen LogP contribution in [0, 0.1) is 0 Å². The average Bonchev–Trinajstić information content (AvgIpc) is 3.31. The molecule has 0 radical (unpaired) electrons. The number of hydrogen-bond donors (Lipinski definition) is 1. The molecule has 5 nitrogen and oxygen atoms in total. The molecule has 138 valence electrons. The van der Waals surface area contributed by atoms with Crippen molar-refractivity contribution in [1.29, 1.82) is 0 Å². The van der Waals surface area contributed by atoms with Crippen molar-refractivity contribution in [2.24, 2.45) is 4.99 Å². The van der Waals surface area contributed by atoms with E-state index in [0.29, 0.717) is 10.6 Å². The molecule has 1 amide bonds. The molecule has 0 bridgehead atoms. The van der Waals surface area contributed by atoms with Crippen molar-refractivity contribution < 1.29 is 13.2 Å². The van der Waals surface area contributed by atoms with Gasteiger partial charge in [-0.1, -0.05) is 29.8 Å². The largest absolute Gasteiger partial charge is 0.270 e. The maximum atomic E-state index is 13.0. The van der Waals surface area contributed by atoms with Crippen LogP contribution in [0.25, 0.3) is 0 Å². The third-order valence-corrected chi connectivity index (χ3v) is 7.17. The number of nitrogens with one attached hydrogen (secondary N) is 1. The molecule has 2 aromatic rings. The van der Waals surface area contributed by atoms with Gasteiger partial charge < -0.3 is 0 Å². The van der Waals surface area contributed by atoms with Crippen LogP contribution in [0.15, 0.2) is 64.5 Å². The van der Waals surface area contributed by atoms with Gasteiger partial charge in [0.1, 0.15) is 0 Å². The number of aliphatic imine (C=N–C) groups is 1. The number of amides is 1. The summed E-state index contributed by atoms with van der Waals surface area (Å²) in [7, 11) is -4.02. The maximum Gasteiger partial charge on any atom is 0.270 e. The third kappa shape index (κ3) is 3.31. The number of thioether (sulfide) groups is 1. The van der Waals surface area contributed by atoms with Crippen LogP contribution in [0.1, 0.15) is 16.7 Å². The topological polar surface area (TPSA) is 75.6 Å². The van der Waals surface area contributed by atoms with Crippen LogP contribution in [-0.2, 0) is 31.9 Å². The zero-order chi connectivity index (χ0) is 19.1. The summed E-state index contributed by atoms with van der Waals surface area (Å²) in [5.74, 6) is 0.917. The molecule has 0 saturated heterocycles. The highest BCUT2D eigenvalue weighted by atomic mass is 35.5. The average molecular weight is 419 g/mol. The molecule has 2 heterocycles. The molecule has 0 aliphatic carbocycles. The van der Waals surface area contributed by atoms with Crippen LogP contribution < -0.4 is 4.72 Å². The molecule has 0 spiro atoms. The van der Waals surface area contributed by atoms with Gasteiger partial charge in [-0.15, -0.1) is 0 Å². The van der Waals surface area contributed by atoms with E-state index in [-0.39, 0.29) is 4.90 Å². The summed E-state index contributed by atoms with van der Waals surface area (Å²) in [6.07, 6.45) is 4.67. The molecule has 2 aliphatic rings.